The van der Waals surface area contributed by atoms with Crippen molar-refractivity contribution in [3.63, 3.8) is 0 Å². The molecular weight excluding hydrogens is 368 g/mol. The van der Waals surface area contributed by atoms with Gasteiger partial charge < -0.3 is 9.84 Å². The van der Waals surface area contributed by atoms with Crippen LogP contribution in [-0.2, 0) is 11.2 Å². The van der Waals surface area contributed by atoms with Gasteiger partial charge in [-0.1, -0.05) is 61.5 Å². The number of carboxylic acids is 1. The fraction of sp³-hybridized carbons (Fsp3) is 0.125. The number of rotatable bonds is 6. The third-order valence-corrected chi connectivity index (χ3v) is 6.03. The summed E-state index contributed by atoms with van der Waals surface area (Å²) in [5.74, 6) is -0.424. The zero-order chi connectivity index (χ0) is 19.5. The average molecular weight is 388 g/mol. The molecular formula is C24H20O3S. The highest BCUT2D eigenvalue weighted by molar-refractivity contribution is 7.19. The Morgan fingerprint density at radius 1 is 0.893 bits per heavy atom. The molecule has 0 aliphatic carbocycles. The predicted molar refractivity (Wildman–Crippen MR) is 115 cm³/mol. The van der Waals surface area contributed by atoms with Crippen molar-refractivity contribution >= 4 is 27.4 Å². The average Bonchev–Trinajstić information content (AvgIpc) is 3.11. The van der Waals surface area contributed by atoms with Gasteiger partial charge in [0.15, 0.2) is 6.61 Å². The summed E-state index contributed by atoms with van der Waals surface area (Å²) in [5.41, 5.74) is 4.76. The molecule has 3 aromatic carbocycles. The highest BCUT2D eigenvalue weighted by Crippen LogP contribution is 2.39. The van der Waals surface area contributed by atoms with E-state index in [1.165, 1.54) is 26.1 Å². The van der Waals surface area contributed by atoms with Crippen molar-refractivity contribution in [3.8, 4) is 28.0 Å². The number of aryl methyl sites for hydroxylation is 1. The number of hydrogen-bond acceptors (Lipinski definition) is 3. The Bertz CT molecular complexity index is 1110. The van der Waals surface area contributed by atoms with Crippen LogP contribution in [0.25, 0.3) is 32.3 Å². The molecule has 0 aliphatic rings. The summed E-state index contributed by atoms with van der Waals surface area (Å²) < 4.78 is 6.52. The Kier molecular flexibility index (Phi) is 5.13. The second-order valence-corrected chi connectivity index (χ2v) is 7.67. The lowest BCUT2D eigenvalue weighted by atomic mass is 9.98. The molecule has 0 amide bonds. The van der Waals surface area contributed by atoms with Gasteiger partial charge in [-0.3, -0.25) is 0 Å². The third-order valence-electron chi connectivity index (χ3n) is 4.71. The van der Waals surface area contributed by atoms with Gasteiger partial charge >= 0.3 is 5.97 Å². The number of carboxylic acid groups (broad SMARTS) is 1. The van der Waals surface area contributed by atoms with E-state index in [4.69, 9.17) is 9.84 Å². The van der Waals surface area contributed by atoms with Crippen molar-refractivity contribution in [2.45, 2.75) is 13.3 Å². The Morgan fingerprint density at radius 3 is 2.14 bits per heavy atom. The lowest BCUT2D eigenvalue weighted by Gasteiger charge is -2.08. The zero-order valence-corrected chi connectivity index (χ0v) is 16.3. The first kappa shape index (κ1) is 18.3. The molecule has 0 unspecified atom stereocenters. The molecule has 1 N–H and O–H groups in total. The maximum atomic E-state index is 10.6. The van der Waals surface area contributed by atoms with E-state index in [-0.39, 0.29) is 6.61 Å². The maximum absolute atomic E-state index is 10.6. The minimum Gasteiger partial charge on any atom is -0.482 e. The van der Waals surface area contributed by atoms with Gasteiger partial charge in [0.2, 0.25) is 0 Å². The summed E-state index contributed by atoms with van der Waals surface area (Å²) in [6.45, 7) is 1.87. The zero-order valence-electron chi connectivity index (χ0n) is 15.5. The van der Waals surface area contributed by atoms with E-state index in [1.54, 1.807) is 12.1 Å². The van der Waals surface area contributed by atoms with Crippen LogP contribution in [0, 0.1) is 0 Å². The van der Waals surface area contributed by atoms with Gasteiger partial charge in [-0.05, 0) is 41.3 Å². The molecule has 0 fully saturated rings. The molecule has 0 saturated carbocycles. The molecule has 28 heavy (non-hydrogen) atoms. The SMILES string of the molecule is CCc1sc2ccccc2c1-c1ccc(-c2ccc(OCC(=O)O)cc2)cc1. The van der Waals surface area contributed by atoms with Gasteiger partial charge in [-0.15, -0.1) is 11.3 Å². The standard InChI is InChI=1S/C24H20O3S/c1-2-21-24(20-5-3-4-6-22(20)28-21)18-9-7-16(8-10-18)17-11-13-19(14-12-17)27-15-23(25)26/h3-14H,2,15H2,1H3,(H,25,26). The number of thiophene rings is 1. The molecule has 4 rings (SSSR count). The Hall–Kier alpha value is -3.11. The minimum atomic E-state index is -0.980. The highest BCUT2D eigenvalue weighted by atomic mass is 32.1. The van der Waals surface area contributed by atoms with Crippen LogP contribution in [0.15, 0.2) is 72.8 Å². The summed E-state index contributed by atoms with van der Waals surface area (Å²) in [6.07, 6.45) is 1.02. The number of benzene rings is 3. The molecule has 3 nitrogen and oxygen atoms in total. The second-order valence-electron chi connectivity index (χ2n) is 6.53. The summed E-state index contributed by atoms with van der Waals surface area (Å²) in [5, 5.41) is 10.0. The van der Waals surface area contributed by atoms with Crippen molar-refractivity contribution in [2.24, 2.45) is 0 Å². The lowest BCUT2D eigenvalue weighted by molar-refractivity contribution is -0.139. The second kappa shape index (κ2) is 7.87. The molecule has 4 heteroatoms. The molecule has 0 radical (unpaired) electrons. The van der Waals surface area contributed by atoms with Gasteiger partial charge in [0.1, 0.15) is 5.75 Å². The van der Waals surface area contributed by atoms with Gasteiger partial charge in [-0.25, -0.2) is 4.79 Å². The quantitative estimate of drug-likeness (QED) is 0.424. The van der Waals surface area contributed by atoms with Crippen molar-refractivity contribution in [2.75, 3.05) is 6.61 Å². The van der Waals surface area contributed by atoms with Crippen LogP contribution in [0.2, 0.25) is 0 Å². The summed E-state index contributed by atoms with van der Waals surface area (Å²) in [4.78, 5) is 12.0. The Labute approximate surface area is 167 Å². The molecule has 0 spiro atoms. The van der Waals surface area contributed by atoms with E-state index < -0.39 is 5.97 Å². The van der Waals surface area contributed by atoms with E-state index in [2.05, 4.69) is 55.5 Å². The van der Waals surface area contributed by atoms with E-state index in [0.29, 0.717) is 5.75 Å². The largest absolute Gasteiger partial charge is 0.482 e. The van der Waals surface area contributed by atoms with E-state index in [0.717, 1.165) is 17.5 Å². The molecule has 0 atom stereocenters. The highest BCUT2D eigenvalue weighted by Gasteiger charge is 2.12. The first-order chi connectivity index (χ1) is 13.7. The van der Waals surface area contributed by atoms with Crippen LogP contribution in [0.4, 0.5) is 0 Å². The van der Waals surface area contributed by atoms with Crippen molar-refractivity contribution in [1.82, 2.24) is 0 Å². The van der Waals surface area contributed by atoms with Crippen LogP contribution in [-0.4, -0.2) is 17.7 Å². The fourth-order valence-electron chi connectivity index (χ4n) is 3.38. The van der Waals surface area contributed by atoms with Gasteiger partial charge in [0, 0.05) is 20.5 Å². The topological polar surface area (TPSA) is 46.5 Å². The first-order valence-corrected chi connectivity index (χ1v) is 10.0. The summed E-state index contributed by atoms with van der Waals surface area (Å²) in [7, 11) is 0. The number of hydrogen-bond donors (Lipinski definition) is 1. The lowest BCUT2D eigenvalue weighted by Crippen LogP contribution is -2.09. The van der Waals surface area contributed by atoms with Gasteiger partial charge in [0.05, 0.1) is 0 Å². The monoisotopic (exact) mass is 388 g/mol. The molecule has 1 heterocycles. The molecule has 1 aromatic heterocycles. The molecule has 0 saturated heterocycles. The molecule has 4 aromatic rings. The third kappa shape index (κ3) is 3.64. The number of fused-ring (bicyclic) bond motifs is 1. The molecule has 0 aliphatic heterocycles. The van der Waals surface area contributed by atoms with E-state index in [9.17, 15) is 4.79 Å². The van der Waals surface area contributed by atoms with Crippen LogP contribution in [0.1, 0.15) is 11.8 Å². The van der Waals surface area contributed by atoms with Crippen molar-refractivity contribution in [3.05, 3.63) is 77.7 Å². The fourth-order valence-corrected chi connectivity index (χ4v) is 4.55. The molecule has 140 valence electrons. The summed E-state index contributed by atoms with van der Waals surface area (Å²) >= 11 is 1.87. The smallest absolute Gasteiger partial charge is 0.341 e. The van der Waals surface area contributed by atoms with E-state index >= 15 is 0 Å². The van der Waals surface area contributed by atoms with Crippen LogP contribution < -0.4 is 4.74 Å². The Morgan fingerprint density at radius 2 is 1.50 bits per heavy atom. The molecule has 0 bridgehead atoms. The van der Waals surface area contributed by atoms with E-state index in [1.807, 2.05) is 23.5 Å². The first-order valence-electron chi connectivity index (χ1n) is 9.21. The maximum Gasteiger partial charge on any atom is 0.341 e. The van der Waals surface area contributed by atoms with Gasteiger partial charge in [-0.2, -0.15) is 0 Å². The van der Waals surface area contributed by atoms with Crippen LogP contribution in [0.5, 0.6) is 5.75 Å². The Balaban J connectivity index is 1.62. The number of ether oxygens (including phenoxy) is 1. The number of aliphatic carboxylic acids is 1. The van der Waals surface area contributed by atoms with Crippen LogP contribution >= 0.6 is 11.3 Å². The van der Waals surface area contributed by atoms with Crippen LogP contribution in [0.3, 0.4) is 0 Å². The van der Waals surface area contributed by atoms with Gasteiger partial charge in [0.25, 0.3) is 0 Å². The normalized spacial score (nSPS) is 10.9. The van der Waals surface area contributed by atoms with Crippen molar-refractivity contribution < 1.29 is 14.6 Å². The van der Waals surface area contributed by atoms with Crippen molar-refractivity contribution in [1.29, 1.82) is 0 Å². The summed E-state index contributed by atoms with van der Waals surface area (Å²) in [6, 6.07) is 24.7. The number of carbonyl (C=O) groups is 1. The minimum absolute atomic E-state index is 0.331. The predicted octanol–water partition coefficient (Wildman–Crippen LogP) is 6.26.